The molecular weight excluding hydrogens is 429 g/mol. The summed E-state index contributed by atoms with van der Waals surface area (Å²) < 4.78 is 29.5. The van der Waals surface area contributed by atoms with E-state index in [0.717, 1.165) is 48.3 Å². The summed E-state index contributed by atoms with van der Waals surface area (Å²) in [6, 6.07) is 5.00. The molecule has 0 radical (unpaired) electrons. The van der Waals surface area contributed by atoms with Gasteiger partial charge in [0.25, 0.3) is 10.0 Å². The lowest BCUT2D eigenvalue weighted by Crippen LogP contribution is -2.22. The number of nitrogens with one attached hydrogen (secondary N) is 2. The van der Waals surface area contributed by atoms with Crippen LogP contribution < -0.4 is 14.9 Å². The minimum Gasteiger partial charge on any atom is -0.383 e. The van der Waals surface area contributed by atoms with E-state index in [1.807, 2.05) is 26.8 Å². The van der Waals surface area contributed by atoms with E-state index in [-0.39, 0.29) is 14.9 Å². The van der Waals surface area contributed by atoms with Gasteiger partial charge >= 0.3 is 0 Å². The van der Waals surface area contributed by atoms with Crippen LogP contribution in [0.5, 0.6) is 0 Å². The van der Waals surface area contributed by atoms with E-state index >= 15 is 0 Å². The highest BCUT2D eigenvalue weighted by molar-refractivity contribution is 7.93. The van der Waals surface area contributed by atoms with Gasteiger partial charge in [-0.25, -0.2) is 8.42 Å². The minimum atomic E-state index is -3.91. The molecule has 158 valence electrons. The number of sulfonamides is 1. The molecule has 0 saturated carbocycles. The summed E-state index contributed by atoms with van der Waals surface area (Å²) in [5.74, 6) is 0. The third kappa shape index (κ3) is 4.44. The fourth-order valence-corrected chi connectivity index (χ4v) is 6.17. The summed E-state index contributed by atoms with van der Waals surface area (Å²) in [7, 11) is -3.91. The van der Waals surface area contributed by atoms with Crippen LogP contribution in [-0.2, 0) is 10.0 Å². The SMILES string of the molecule is CCNc1c(Cl)cc(Cl)cc1S(=O)(=O)Nc1c(C)cc(C)c(N2CCCC2)c1C. The Bertz CT molecular complexity index is 1030. The van der Waals surface area contributed by atoms with Crippen molar-refractivity contribution in [1.82, 2.24) is 0 Å². The van der Waals surface area contributed by atoms with Gasteiger partial charge in [0.05, 0.1) is 16.4 Å². The van der Waals surface area contributed by atoms with Gasteiger partial charge in [0, 0.05) is 30.3 Å². The summed E-state index contributed by atoms with van der Waals surface area (Å²) in [4.78, 5) is 2.38. The second kappa shape index (κ2) is 8.62. The molecule has 1 heterocycles. The Morgan fingerprint density at radius 1 is 1.00 bits per heavy atom. The summed E-state index contributed by atoms with van der Waals surface area (Å²) in [5, 5.41) is 3.58. The van der Waals surface area contributed by atoms with Crippen LogP contribution in [0.25, 0.3) is 0 Å². The largest absolute Gasteiger partial charge is 0.383 e. The molecule has 0 amide bonds. The molecule has 3 rings (SSSR count). The molecule has 0 unspecified atom stereocenters. The van der Waals surface area contributed by atoms with Crippen LogP contribution in [0.3, 0.4) is 0 Å². The number of hydrogen-bond acceptors (Lipinski definition) is 4. The molecule has 8 heteroatoms. The van der Waals surface area contributed by atoms with Crippen LogP contribution in [0.1, 0.15) is 36.5 Å². The van der Waals surface area contributed by atoms with Gasteiger partial charge in [0.2, 0.25) is 0 Å². The Morgan fingerprint density at radius 2 is 1.66 bits per heavy atom. The number of aryl methyl sites for hydroxylation is 2. The van der Waals surface area contributed by atoms with Crippen molar-refractivity contribution < 1.29 is 8.42 Å². The van der Waals surface area contributed by atoms with Gasteiger partial charge in [-0.15, -0.1) is 0 Å². The zero-order valence-corrected chi connectivity index (χ0v) is 19.5. The third-order valence-electron chi connectivity index (χ3n) is 5.25. The Kier molecular flexibility index (Phi) is 6.56. The van der Waals surface area contributed by atoms with Crippen molar-refractivity contribution in [1.29, 1.82) is 0 Å². The van der Waals surface area contributed by atoms with E-state index in [1.165, 1.54) is 12.1 Å². The predicted molar refractivity (Wildman–Crippen MR) is 124 cm³/mol. The van der Waals surface area contributed by atoms with E-state index < -0.39 is 10.0 Å². The number of hydrogen-bond donors (Lipinski definition) is 2. The Morgan fingerprint density at radius 3 is 2.28 bits per heavy atom. The molecule has 2 aromatic rings. The molecule has 1 saturated heterocycles. The average molecular weight is 456 g/mol. The van der Waals surface area contributed by atoms with Gasteiger partial charge in [-0.2, -0.15) is 0 Å². The molecule has 2 aromatic carbocycles. The highest BCUT2D eigenvalue weighted by Crippen LogP contribution is 2.38. The smallest absolute Gasteiger partial charge is 0.264 e. The van der Waals surface area contributed by atoms with Gasteiger partial charge in [-0.3, -0.25) is 4.72 Å². The van der Waals surface area contributed by atoms with Crippen LogP contribution >= 0.6 is 23.2 Å². The van der Waals surface area contributed by atoms with Crippen molar-refractivity contribution in [3.05, 3.63) is 44.9 Å². The van der Waals surface area contributed by atoms with E-state index in [1.54, 1.807) is 0 Å². The van der Waals surface area contributed by atoms with Gasteiger partial charge in [0.1, 0.15) is 4.90 Å². The van der Waals surface area contributed by atoms with E-state index in [4.69, 9.17) is 23.2 Å². The first-order valence-corrected chi connectivity index (χ1v) is 12.0. The van der Waals surface area contributed by atoms with E-state index in [2.05, 4.69) is 21.9 Å². The molecule has 29 heavy (non-hydrogen) atoms. The molecule has 1 aliphatic heterocycles. The van der Waals surface area contributed by atoms with Crippen LogP contribution in [0, 0.1) is 20.8 Å². The fraction of sp³-hybridized carbons (Fsp3) is 0.429. The van der Waals surface area contributed by atoms with Crippen molar-refractivity contribution >= 4 is 50.3 Å². The summed E-state index contributed by atoms with van der Waals surface area (Å²) in [6.07, 6.45) is 2.31. The Hall–Kier alpha value is -1.63. The fourth-order valence-electron chi connectivity index (χ4n) is 4.06. The molecule has 2 N–H and O–H groups in total. The van der Waals surface area contributed by atoms with Crippen molar-refractivity contribution in [3.63, 3.8) is 0 Å². The normalized spacial score (nSPS) is 14.3. The number of benzene rings is 2. The lowest BCUT2D eigenvalue weighted by atomic mass is 10.0. The molecule has 0 atom stereocenters. The van der Waals surface area contributed by atoms with Crippen molar-refractivity contribution in [2.24, 2.45) is 0 Å². The van der Waals surface area contributed by atoms with Gasteiger partial charge in [0.15, 0.2) is 0 Å². The maximum Gasteiger partial charge on any atom is 0.264 e. The van der Waals surface area contributed by atoms with Crippen LogP contribution in [0.2, 0.25) is 10.0 Å². The number of anilines is 3. The van der Waals surface area contributed by atoms with E-state index in [9.17, 15) is 8.42 Å². The highest BCUT2D eigenvalue weighted by Gasteiger charge is 2.25. The summed E-state index contributed by atoms with van der Waals surface area (Å²) >= 11 is 12.4. The van der Waals surface area contributed by atoms with Crippen LogP contribution in [0.15, 0.2) is 23.1 Å². The van der Waals surface area contributed by atoms with Crippen molar-refractivity contribution in [2.75, 3.05) is 34.6 Å². The molecule has 0 aromatic heterocycles. The van der Waals surface area contributed by atoms with Gasteiger partial charge in [-0.05, 0) is 69.4 Å². The molecule has 1 aliphatic rings. The highest BCUT2D eigenvalue weighted by atomic mass is 35.5. The third-order valence-corrected chi connectivity index (χ3v) is 7.14. The molecule has 0 bridgehead atoms. The lowest BCUT2D eigenvalue weighted by molar-refractivity contribution is 0.601. The first kappa shape index (κ1) is 22.1. The number of nitrogens with zero attached hydrogens (tertiary/aromatic N) is 1. The average Bonchev–Trinajstić information content (AvgIpc) is 3.14. The Labute approximate surface area is 183 Å². The predicted octanol–water partition coefficient (Wildman–Crippen LogP) is 5.75. The molecule has 0 aliphatic carbocycles. The number of rotatable bonds is 6. The van der Waals surface area contributed by atoms with E-state index in [0.29, 0.717) is 17.9 Å². The van der Waals surface area contributed by atoms with Crippen molar-refractivity contribution in [2.45, 2.75) is 45.4 Å². The van der Waals surface area contributed by atoms with Gasteiger partial charge in [-0.1, -0.05) is 29.3 Å². The lowest BCUT2D eigenvalue weighted by Gasteiger charge is -2.26. The molecule has 1 fully saturated rings. The zero-order valence-electron chi connectivity index (χ0n) is 17.2. The summed E-state index contributed by atoms with van der Waals surface area (Å²) in [5.41, 5.74) is 5.05. The monoisotopic (exact) mass is 455 g/mol. The molecule has 5 nitrogen and oxygen atoms in total. The first-order chi connectivity index (χ1) is 13.7. The second-order valence-corrected chi connectivity index (χ2v) is 9.94. The minimum absolute atomic E-state index is 0.0407. The zero-order chi connectivity index (χ0) is 21.3. The number of halogens is 2. The van der Waals surface area contributed by atoms with Crippen molar-refractivity contribution in [3.8, 4) is 0 Å². The van der Waals surface area contributed by atoms with Crippen LogP contribution in [0.4, 0.5) is 17.1 Å². The molecule has 0 spiro atoms. The standard InChI is InChI=1S/C21H27Cl2N3O2S/c1-5-24-20-17(23)11-16(22)12-18(20)29(27,28)25-19-13(2)10-14(3)21(15(19)4)26-8-6-7-9-26/h10-12,24-25H,5-9H2,1-4H3. The summed E-state index contributed by atoms with van der Waals surface area (Å²) in [6.45, 7) is 10.4. The second-order valence-electron chi connectivity index (χ2n) is 7.45. The maximum atomic E-state index is 13.3. The quantitative estimate of drug-likeness (QED) is 0.581. The van der Waals surface area contributed by atoms with Crippen LogP contribution in [-0.4, -0.2) is 28.1 Å². The first-order valence-electron chi connectivity index (χ1n) is 9.77. The molecular formula is C21H27Cl2N3O2S. The van der Waals surface area contributed by atoms with Gasteiger partial charge < -0.3 is 10.2 Å². The maximum absolute atomic E-state index is 13.3. The topological polar surface area (TPSA) is 61.4 Å². The Balaban J connectivity index is 2.09.